The van der Waals surface area contributed by atoms with Crippen LogP contribution in [0.3, 0.4) is 0 Å². The number of nitrogens with one attached hydrogen (secondary N) is 1. The first kappa shape index (κ1) is 20.4. The quantitative estimate of drug-likeness (QED) is 0.623. The van der Waals surface area contributed by atoms with Gasteiger partial charge in [0.15, 0.2) is 5.96 Å². The van der Waals surface area contributed by atoms with Gasteiger partial charge in [-0.3, -0.25) is 4.79 Å². The summed E-state index contributed by atoms with van der Waals surface area (Å²) >= 11 is 0. The van der Waals surface area contributed by atoms with Crippen LogP contribution in [0.2, 0.25) is 0 Å². The Kier molecular flexibility index (Phi) is 6.35. The second-order valence-electron chi connectivity index (χ2n) is 8.29. The maximum Gasteiger partial charge on any atom is 0.244 e. The Morgan fingerprint density at radius 3 is 2.83 bits per heavy atom. The van der Waals surface area contributed by atoms with Gasteiger partial charge < -0.3 is 19.7 Å². The van der Waals surface area contributed by atoms with Crippen LogP contribution in [0.4, 0.5) is 0 Å². The van der Waals surface area contributed by atoms with Gasteiger partial charge in [0, 0.05) is 45.1 Å². The first-order valence-corrected chi connectivity index (χ1v) is 11.0. The zero-order chi connectivity index (χ0) is 20.9. The molecule has 0 aliphatic carbocycles. The van der Waals surface area contributed by atoms with Gasteiger partial charge in [-0.05, 0) is 36.8 Å². The van der Waals surface area contributed by atoms with Crippen LogP contribution in [0.15, 0.2) is 48.0 Å². The fourth-order valence-corrected chi connectivity index (χ4v) is 4.47. The topological polar surface area (TPSA) is 65.8 Å². The molecule has 0 spiro atoms. The Morgan fingerprint density at radius 1 is 1.23 bits per heavy atom. The standard InChI is InChI=1S/C23H32N6O/c1-3-25-23(28-11-8-18(2)21(16-28)29-13-10-24-17-29)26-14-22(30)27-12-9-19-6-4-5-7-20(19)15-27/h4-7,10,13,17-18,21H,3,8-9,11-12,14-16H2,1-2H3,(H,25,26). The molecule has 7 heteroatoms. The zero-order valence-corrected chi connectivity index (χ0v) is 18.0. The van der Waals surface area contributed by atoms with Gasteiger partial charge in [0.05, 0.1) is 12.4 Å². The summed E-state index contributed by atoms with van der Waals surface area (Å²) in [4.78, 5) is 26.0. The first-order valence-electron chi connectivity index (χ1n) is 11.0. The lowest BCUT2D eigenvalue weighted by Gasteiger charge is -2.39. The molecule has 2 unspecified atom stereocenters. The summed E-state index contributed by atoms with van der Waals surface area (Å²) in [5.74, 6) is 1.50. The molecule has 4 rings (SSSR count). The van der Waals surface area contributed by atoms with Crippen molar-refractivity contribution in [3.05, 3.63) is 54.1 Å². The molecule has 3 heterocycles. The maximum absolute atomic E-state index is 12.9. The Bertz CT molecular complexity index is 878. The van der Waals surface area contributed by atoms with E-state index in [9.17, 15) is 4.79 Å². The minimum absolute atomic E-state index is 0.0939. The van der Waals surface area contributed by atoms with E-state index < -0.39 is 0 Å². The Morgan fingerprint density at radius 2 is 2.07 bits per heavy atom. The Labute approximate surface area is 178 Å². The minimum atomic E-state index is 0.0939. The molecule has 1 fully saturated rings. The highest BCUT2D eigenvalue weighted by atomic mass is 16.2. The van der Waals surface area contributed by atoms with E-state index in [0.717, 1.165) is 45.0 Å². The van der Waals surface area contributed by atoms with Gasteiger partial charge in [0.2, 0.25) is 5.91 Å². The van der Waals surface area contributed by atoms with E-state index in [2.05, 4.69) is 51.8 Å². The number of benzene rings is 1. The maximum atomic E-state index is 12.9. The number of carbonyl (C=O) groups excluding carboxylic acids is 1. The van der Waals surface area contributed by atoms with E-state index >= 15 is 0 Å². The molecule has 2 aliphatic rings. The Balaban J connectivity index is 1.42. The minimum Gasteiger partial charge on any atom is -0.357 e. The number of nitrogens with zero attached hydrogens (tertiary/aromatic N) is 5. The third kappa shape index (κ3) is 4.50. The number of amides is 1. The molecule has 0 saturated carbocycles. The number of imidazole rings is 1. The largest absolute Gasteiger partial charge is 0.357 e. The van der Waals surface area contributed by atoms with E-state index in [1.54, 1.807) is 0 Å². The van der Waals surface area contributed by atoms with Crippen LogP contribution in [0.5, 0.6) is 0 Å². The summed E-state index contributed by atoms with van der Waals surface area (Å²) < 4.78 is 2.19. The molecule has 30 heavy (non-hydrogen) atoms. The smallest absolute Gasteiger partial charge is 0.244 e. The Hall–Kier alpha value is -2.83. The van der Waals surface area contributed by atoms with Crippen molar-refractivity contribution in [3.8, 4) is 0 Å². The molecule has 1 aromatic carbocycles. The molecule has 0 bridgehead atoms. The molecule has 1 aromatic heterocycles. The van der Waals surface area contributed by atoms with Crippen molar-refractivity contribution in [2.45, 2.75) is 39.3 Å². The average molecular weight is 409 g/mol. The third-order valence-corrected chi connectivity index (χ3v) is 6.31. The summed E-state index contributed by atoms with van der Waals surface area (Å²) in [7, 11) is 0. The van der Waals surface area contributed by atoms with Gasteiger partial charge in [-0.15, -0.1) is 0 Å². The monoisotopic (exact) mass is 408 g/mol. The van der Waals surface area contributed by atoms with Crippen LogP contribution in [-0.4, -0.2) is 63.9 Å². The number of hydrogen-bond donors (Lipinski definition) is 1. The second-order valence-corrected chi connectivity index (χ2v) is 8.29. The molecule has 2 atom stereocenters. The van der Waals surface area contributed by atoms with Crippen molar-refractivity contribution in [3.63, 3.8) is 0 Å². The molecule has 1 N–H and O–H groups in total. The highest BCUT2D eigenvalue weighted by Crippen LogP contribution is 2.27. The number of guanidine groups is 1. The molecule has 2 aromatic rings. The highest BCUT2D eigenvalue weighted by molar-refractivity contribution is 5.85. The number of piperidine rings is 1. The normalized spacial score (nSPS) is 22.0. The summed E-state index contributed by atoms with van der Waals surface area (Å²) in [6, 6.07) is 8.75. The summed E-state index contributed by atoms with van der Waals surface area (Å²) in [5.41, 5.74) is 2.60. The molecular formula is C23H32N6O. The van der Waals surface area contributed by atoms with Crippen LogP contribution in [0.1, 0.15) is 37.4 Å². The van der Waals surface area contributed by atoms with E-state index in [1.807, 2.05) is 29.7 Å². The van der Waals surface area contributed by atoms with Gasteiger partial charge in [-0.2, -0.15) is 0 Å². The fraction of sp³-hybridized carbons (Fsp3) is 0.522. The van der Waals surface area contributed by atoms with E-state index in [-0.39, 0.29) is 12.5 Å². The van der Waals surface area contributed by atoms with Crippen molar-refractivity contribution in [1.29, 1.82) is 0 Å². The SMILES string of the molecule is CCNC(=NCC(=O)N1CCc2ccccc2C1)N1CCC(C)C(n2ccnc2)C1. The van der Waals surface area contributed by atoms with Gasteiger partial charge in [-0.25, -0.2) is 9.98 Å². The van der Waals surface area contributed by atoms with Gasteiger partial charge in [-0.1, -0.05) is 31.2 Å². The van der Waals surface area contributed by atoms with Crippen LogP contribution in [0, 0.1) is 5.92 Å². The van der Waals surface area contributed by atoms with Gasteiger partial charge in [0.25, 0.3) is 0 Å². The number of rotatable bonds is 4. The second kappa shape index (κ2) is 9.32. The van der Waals surface area contributed by atoms with Crippen LogP contribution in [-0.2, 0) is 17.8 Å². The predicted molar refractivity (Wildman–Crippen MR) is 118 cm³/mol. The number of likely N-dealkylation sites (tertiary alicyclic amines) is 1. The number of aliphatic imine (C=N–C) groups is 1. The number of hydrogen-bond acceptors (Lipinski definition) is 3. The third-order valence-electron chi connectivity index (χ3n) is 6.31. The van der Waals surface area contributed by atoms with Crippen molar-refractivity contribution in [2.75, 3.05) is 32.7 Å². The van der Waals surface area contributed by atoms with Crippen molar-refractivity contribution < 1.29 is 4.79 Å². The van der Waals surface area contributed by atoms with Crippen LogP contribution < -0.4 is 5.32 Å². The lowest BCUT2D eigenvalue weighted by atomic mass is 9.93. The van der Waals surface area contributed by atoms with Crippen LogP contribution >= 0.6 is 0 Å². The number of aromatic nitrogens is 2. The van der Waals surface area contributed by atoms with Crippen molar-refractivity contribution in [1.82, 2.24) is 24.7 Å². The lowest BCUT2D eigenvalue weighted by Crippen LogP contribution is -2.49. The van der Waals surface area contributed by atoms with Crippen molar-refractivity contribution >= 4 is 11.9 Å². The molecule has 7 nitrogen and oxygen atoms in total. The fourth-order valence-electron chi connectivity index (χ4n) is 4.47. The van der Waals surface area contributed by atoms with Gasteiger partial charge >= 0.3 is 0 Å². The molecule has 1 saturated heterocycles. The molecule has 1 amide bonds. The molecular weight excluding hydrogens is 376 g/mol. The van der Waals surface area contributed by atoms with E-state index in [4.69, 9.17) is 4.99 Å². The summed E-state index contributed by atoms with van der Waals surface area (Å²) in [6.45, 7) is 8.61. The molecule has 2 aliphatic heterocycles. The summed E-state index contributed by atoms with van der Waals surface area (Å²) in [5, 5.41) is 3.39. The van der Waals surface area contributed by atoms with E-state index in [1.165, 1.54) is 11.1 Å². The summed E-state index contributed by atoms with van der Waals surface area (Å²) in [6.07, 6.45) is 7.77. The van der Waals surface area contributed by atoms with Crippen LogP contribution in [0.25, 0.3) is 0 Å². The highest BCUT2D eigenvalue weighted by Gasteiger charge is 2.29. The molecule has 160 valence electrons. The first-order chi connectivity index (χ1) is 14.7. The van der Waals surface area contributed by atoms with Gasteiger partial charge in [0.1, 0.15) is 6.54 Å². The number of carbonyl (C=O) groups is 1. The lowest BCUT2D eigenvalue weighted by molar-refractivity contribution is -0.130. The zero-order valence-electron chi connectivity index (χ0n) is 18.0. The van der Waals surface area contributed by atoms with E-state index in [0.29, 0.717) is 18.5 Å². The number of fused-ring (bicyclic) bond motifs is 1. The molecule has 0 radical (unpaired) electrons. The van der Waals surface area contributed by atoms with Crippen molar-refractivity contribution in [2.24, 2.45) is 10.9 Å². The average Bonchev–Trinajstić information content (AvgIpc) is 3.31. The predicted octanol–water partition coefficient (Wildman–Crippen LogP) is 2.32.